The first kappa shape index (κ1) is 14.6. The van der Waals surface area contributed by atoms with Crippen molar-refractivity contribution in [2.24, 2.45) is 10.9 Å². The number of amidine groups is 1. The maximum absolute atomic E-state index is 13.0. The van der Waals surface area contributed by atoms with E-state index in [1.54, 1.807) is 12.1 Å². The standard InChI is InChI=1S/C13H9BrClFN2O2/c14-10-6-8(16)2-4-11(10)20-12-5-7(15)1-3-9(12)13(17)18-19/h1-6,19H,(H2,17,18). The molecule has 2 aromatic carbocycles. The molecule has 0 saturated heterocycles. The van der Waals surface area contributed by atoms with E-state index < -0.39 is 5.82 Å². The summed E-state index contributed by atoms with van der Waals surface area (Å²) in [5.41, 5.74) is 5.93. The quantitative estimate of drug-likeness (QED) is 0.375. The molecule has 2 rings (SSSR count). The molecular weight excluding hydrogens is 351 g/mol. The molecule has 0 heterocycles. The second-order valence-electron chi connectivity index (χ2n) is 3.80. The van der Waals surface area contributed by atoms with E-state index in [1.807, 2.05) is 0 Å². The SMILES string of the molecule is NC(=NO)c1ccc(Cl)cc1Oc1ccc(F)cc1Br. The van der Waals surface area contributed by atoms with E-state index in [2.05, 4.69) is 21.1 Å². The Labute approximate surface area is 127 Å². The molecule has 0 amide bonds. The van der Waals surface area contributed by atoms with Gasteiger partial charge >= 0.3 is 0 Å². The maximum atomic E-state index is 13.0. The summed E-state index contributed by atoms with van der Waals surface area (Å²) in [4.78, 5) is 0. The summed E-state index contributed by atoms with van der Waals surface area (Å²) in [7, 11) is 0. The van der Waals surface area contributed by atoms with E-state index in [0.717, 1.165) is 0 Å². The third-order valence-electron chi connectivity index (χ3n) is 2.44. The highest BCUT2D eigenvalue weighted by Gasteiger charge is 2.12. The van der Waals surface area contributed by atoms with Gasteiger partial charge in [-0.1, -0.05) is 16.8 Å². The van der Waals surface area contributed by atoms with Crippen molar-refractivity contribution in [3.05, 3.63) is 57.3 Å². The van der Waals surface area contributed by atoms with Crippen LogP contribution in [-0.2, 0) is 0 Å². The average molecular weight is 360 g/mol. The van der Waals surface area contributed by atoms with Crippen LogP contribution in [0.1, 0.15) is 5.56 Å². The molecule has 0 radical (unpaired) electrons. The molecule has 0 bridgehead atoms. The number of hydrogen-bond acceptors (Lipinski definition) is 3. The van der Waals surface area contributed by atoms with Crippen molar-refractivity contribution in [3.8, 4) is 11.5 Å². The van der Waals surface area contributed by atoms with Gasteiger partial charge in [-0.3, -0.25) is 0 Å². The first-order valence-corrected chi connectivity index (χ1v) is 6.58. The van der Waals surface area contributed by atoms with E-state index in [1.165, 1.54) is 24.3 Å². The molecule has 0 saturated carbocycles. The van der Waals surface area contributed by atoms with E-state index >= 15 is 0 Å². The number of halogens is 3. The van der Waals surface area contributed by atoms with Crippen LogP contribution < -0.4 is 10.5 Å². The second-order valence-corrected chi connectivity index (χ2v) is 5.09. The molecule has 4 nitrogen and oxygen atoms in total. The Kier molecular flexibility index (Phi) is 4.46. The van der Waals surface area contributed by atoms with Gasteiger partial charge in [0.1, 0.15) is 17.3 Å². The maximum Gasteiger partial charge on any atom is 0.173 e. The predicted molar refractivity (Wildman–Crippen MR) is 78.1 cm³/mol. The molecule has 0 atom stereocenters. The van der Waals surface area contributed by atoms with Gasteiger partial charge < -0.3 is 15.7 Å². The summed E-state index contributed by atoms with van der Waals surface area (Å²) >= 11 is 9.09. The topological polar surface area (TPSA) is 67.8 Å². The minimum absolute atomic E-state index is 0.116. The number of hydrogen-bond donors (Lipinski definition) is 2. The highest BCUT2D eigenvalue weighted by Crippen LogP contribution is 2.33. The Morgan fingerprint density at radius 2 is 2.00 bits per heavy atom. The fourth-order valence-electron chi connectivity index (χ4n) is 1.52. The fraction of sp³-hybridized carbons (Fsp3) is 0. The minimum atomic E-state index is -0.396. The second kappa shape index (κ2) is 6.11. The molecule has 0 spiro atoms. The molecule has 0 unspecified atom stereocenters. The normalized spacial score (nSPS) is 11.4. The summed E-state index contributed by atoms with van der Waals surface area (Å²) < 4.78 is 19.1. The van der Waals surface area contributed by atoms with E-state index in [0.29, 0.717) is 26.6 Å². The summed E-state index contributed by atoms with van der Waals surface area (Å²) in [6.45, 7) is 0. The molecule has 104 valence electrons. The van der Waals surface area contributed by atoms with Crippen LogP contribution in [0.3, 0.4) is 0 Å². The van der Waals surface area contributed by atoms with Crippen LogP contribution in [0.2, 0.25) is 5.02 Å². The zero-order valence-corrected chi connectivity index (χ0v) is 12.3. The van der Waals surface area contributed by atoms with Crippen LogP contribution in [0.4, 0.5) is 4.39 Å². The zero-order valence-electron chi connectivity index (χ0n) is 9.98. The monoisotopic (exact) mass is 358 g/mol. The molecule has 7 heteroatoms. The van der Waals surface area contributed by atoms with Gasteiger partial charge in [-0.25, -0.2) is 4.39 Å². The molecule has 3 N–H and O–H groups in total. The average Bonchev–Trinajstić information content (AvgIpc) is 2.41. The molecule has 0 aliphatic carbocycles. The van der Waals surface area contributed by atoms with Gasteiger partial charge in [0.2, 0.25) is 0 Å². The van der Waals surface area contributed by atoms with Crippen LogP contribution in [0.5, 0.6) is 11.5 Å². The van der Waals surface area contributed by atoms with Crippen LogP contribution in [0, 0.1) is 5.82 Å². The Bertz CT molecular complexity index is 679. The smallest absolute Gasteiger partial charge is 0.173 e. The van der Waals surface area contributed by atoms with Crippen molar-refractivity contribution in [2.45, 2.75) is 0 Å². The van der Waals surface area contributed by atoms with Gasteiger partial charge in [0.15, 0.2) is 5.84 Å². The Hall–Kier alpha value is -1.79. The van der Waals surface area contributed by atoms with Gasteiger partial charge in [-0.2, -0.15) is 0 Å². The summed E-state index contributed by atoms with van der Waals surface area (Å²) in [5.74, 6) is 0.155. The van der Waals surface area contributed by atoms with Crippen molar-refractivity contribution in [3.63, 3.8) is 0 Å². The highest BCUT2D eigenvalue weighted by atomic mass is 79.9. The zero-order chi connectivity index (χ0) is 14.7. The Balaban J connectivity index is 2.44. The van der Waals surface area contributed by atoms with E-state index in [4.69, 9.17) is 27.3 Å². The van der Waals surface area contributed by atoms with Crippen LogP contribution >= 0.6 is 27.5 Å². The number of oxime groups is 1. The van der Waals surface area contributed by atoms with Crippen LogP contribution in [0.25, 0.3) is 0 Å². The molecule has 0 aliphatic rings. The number of nitrogens with two attached hydrogens (primary N) is 1. The third kappa shape index (κ3) is 3.20. The van der Waals surface area contributed by atoms with Crippen molar-refractivity contribution in [1.82, 2.24) is 0 Å². The molecule has 2 aromatic rings. The van der Waals surface area contributed by atoms with E-state index in [-0.39, 0.29) is 5.84 Å². The Morgan fingerprint density at radius 3 is 2.65 bits per heavy atom. The summed E-state index contributed by atoms with van der Waals surface area (Å²) in [6, 6.07) is 8.64. The molecule has 0 fully saturated rings. The largest absolute Gasteiger partial charge is 0.455 e. The number of ether oxygens (including phenoxy) is 1. The first-order chi connectivity index (χ1) is 9.51. The van der Waals surface area contributed by atoms with E-state index in [9.17, 15) is 4.39 Å². The lowest BCUT2D eigenvalue weighted by molar-refractivity contribution is 0.318. The van der Waals surface area contributed by atoms with Gasteiger partial charge in [-0.15, -0.1) is 0 Å². The lowest BCUT2D eigenvalue weighted by Gasteiger charge is -2.12. The van der Waals surface area contributed by atoms with Gasteiger partial charge in [0.05, 0.1) is 10.0 Å². The molecule has 0 aliphatic heterocycles. The van der Waals surface area contributed by atoms with Crippen LogP contribution in [-0.4, -0.2) is 11.0 Å². The minimum Gasteiger partial charge on any atom is -0.455 e. The van der Waals surface area contributed by atoms with Crippen LogP contribution in [0.15, 0.2) is 46.0 Å². The number of benzene rings is 2. The number of nitrogens with zero attached hydrogens (tertiary/aromatic N) is 1. The van der Waals surface area contributed by atoms with Crippen molar-refractivity contribution < 1.29 is 14.3 Å². The highest BCUT2D eigenvalue weighted by molar-refractivity contribution is 9.10. The molecule has 20 heavy (non-hydrogen) atoms. The van der Waals surface area contributed by atoms with Crippen molar-refractivity contribution >= 4 is 33.4 Å². The Morgan fingerprint density at radius 1 is 1.25 bits per heavy atom. The first-order valence-electron chi connectivity index (χ1n) is 5.41. The lowest BCUT2D eigenvalue weighted by atomic mass is 10.2. The van der Waals surface area contributed by atoms with Gasteiger partial charge in [0, 0.05) is 11.1 Å². The van der Waals surface area contributed by atoms with Gasteiger partial charge in [-0.05, 0) is 46.3 Å². The predicted octanol–water partition coefficient (Wildman–Crippen LogP) is 4.13. The molecular formula is C13H9BrClFN2O2. The fourth-order valence-corrected chi connectivity index (χ4v) is 2.12. The van der Waals surface area contributed by atoms with Gasteiger partial charge in [0.25, 0.3) is 0 Å². The van der Waals surface area contributed by atoms with Crippen molar-refractivity contribution in [1.29, 1.82) is 0 Å². The summed E-state index contributed by atoms with van der Waals surface area (Å²) in [6.07, 6.45) is 0. The van der Waals surface area contributed by atoms with Crippen molar-refractivity contribution in [2.75, 3.05) is 0 Å². The molecule has 0 aromatic heterocycles. The lowest BCUT2D eigenvalue weighted by Crippen LogP contribution is -2.14. The summed E-state index contributed by atoms with van der Waals surface area (Å²) in [5, 5.41) is 12.1. The number of rotatable bonds is 3. The third-order valence-corrected chi connectivity index (χ3v) is 3.30.